The summed E-state index contributed by atoms with van der Waals surface area (Å²) in [5.41, 5.74) is 5.57. The number of aromatic hydroxyl groups is 1. The van der Waals surface area contributed by atoms with Crippen LogP contribution in [0.5, 0.6) is 5.75 Å². The summed E-state index contributed by atoms with van der Waals surface area (Å²) in [4.78, 5) is 10.3. The van der Waals surface area contributed by atoms with E-state index in [1.807, 2.05) is 0 Å². The number of carboxylic acid groups (broad SMARTS) is 1. The van der Waals surface area contributed by atoms with Gasteiger partial charge in [-0.3, -0.25) is 0 Å². The Hall–Kier alpha value is -1.55. The highest BCUT2D eigenvalue weighted by Crippen LogP contribution is 2.15. The summed E-state index contributed by atoms with van der Waals surface area (Å²) in [6.07, 6.45) is 6.66. The maximum Gasteiger partial charge on any atom is 0.339 e. The molecule has 4 nitrogen and oxygen atoms in total. The Bertz CT molecular complexity index is 359. The second-order valence-electron chi connectivity index (χ2n) is 4.22. The van der Waals surface area contributed by atoms with Crippen LogP contribution in [0, 0.1) is 0 Å². The van der Waals surface area contributed by atoms with E-state index in [1.165, 1.54) is 44.2 Å². The zero-order valence-electron chi connectivity index (χ0n) is 9.80. The molecule has 1 aliphatic carbocycles. The molecule has 0 aromatic heterocycles. The lowest BCUT2D eigenvalue weighted by Gasteiger charge is -2.15. The van der Waals surface area contributed by atoms with Crippen LogP contribution in [0.15, 0.2) is 24.3 Å². The highest BCUT2D eigenvalue weighted by atomic mass is 16.4. The number of phenols is 1. The van der Waals surface area contributed by atoms with E-state index in [1.54, 1.807) is 12.1 Å². The average molecular weight is 237 g/mol. The Kier molecular flexibility index (Phi) is 5.49. The first-order valence-electron chi connectivity index (χ1n) is 5.88. The Morgan fingerprint density at radius 2 is 1.76 bits per heavy atom. The normalized spacial score (nSPS) is 15.8. The number of aromatic carboxylic acids is 1. The minimum absolute atomic E-state index is 0.0671. The molecule has 2 rings (SSSR count). The SMILES string of the molecule is NC1CCCCC1.O=C(O)c1ccccc1O. The first-order valence-corrected chi connectivity index (χ1v) is 5.88. The van der Waals surface area contributed by atoms with Crippen LogP contribution in [0.1, 0.15) is 42.5 Å². The van der Waals surface area contributed by atoms with Crippen molar-refractivity contribution in [3.63, 3.8) is 0 Å². The second kappa shape index (κ2) is 6.91. The number of nitrogens with two attached hydrogens (primary N) is 1. The molecule has 0 unspecified atom stereocenters. The van der Waals surface area contributed by atoms with Gasteiger partial charge in [-0.15, -0.1) is 0 Å². The summed E-state index contributed by atoms with van der Waals surface area (Å²) in [5, 5.41) is 17.3. The van der Waals surface area contributed by atoms with E-state index in [-0.39, 0.29) is 11.3 Å². The number of carboxylic acids is 1. The number of carbonyl (C=O) groups is 1. The fraction of sp³-hybridized carbons (Fsp3) is 0.462. The van der Waals surface area contributed by atoms with Crippen LogP contribution in [0.25, 0.3) is 0 Å². The molecule has 1 aromatic rings. The van der Waals surface area contributed by atoms with Gasteiger partial charge in [0, 0.05) is 6.04 Å². The Balaban J connectivity index is 0.000000181. The Morgan fingerprint density at radius 1 is 1.18 bits per heavy atom. The topological polar surface area (TPSA) is 83.6 Å². The average Bonchev–Trinajstić information content (AvgIpc) is 2.31. The van der Waals surface area contributed by atoms with E-state index in [2.05, 4.69) is 0 Å². The van der Waals surface area contributed by atoms with Crippen molar-refractivity contribution < 1.29 is 15.0 Å². The monoisotopic (exact) mass is 237 g/mol. The summed E-state index contributed by atoms with van der Waals surface area (Å²) in [7, 11) is 0. The van der Waals surface area contributed by atoms with Gasteiger partial charge in [0.05, 0.1) is 0 Å². The van der Waals surface area contributed by atoms with E-state index >= 15 is 0 Å². The molecule has 1 aromatic carbocycles. The van der Waals surface area contributed by atoms with Crippen molar-refractivity contribution >= 4 is 5.97 Å². The third-order valence-electron chi connectivity index (χ3n) is 2.78. The number of rotatable bonds is 1. The molecule has 17 heavy (non-hydrogen) atoms. The lowest BCUT2D eigenvalue weighted by Crippen LogP contribution is -2.22. The molecule has 0 saturated heterocycles. The predicted molar refractivity (Wildman–Crippen MR) is 66.1 cm³/mol. The van der Waals surface area contributed by atoms with E-state index in [0.717, 1.165) is 0 Å². The molecule has 0 aliphatic heterocycles. The molecule has 94 valence electrons. The molecule has 0 radical (unpaired) electrons. The first-order chi connectivity index (χ1) is 8.11. The fourth-order valence-corrected chi connectivity index (χ4v) is 1.79. The van der Waals surface area contributed by atoms with Crippen molar-refractivity contribution in [2.24, 2.45) is 5.73 Å². The molecule has 4 N–H and O–H groups in total. The molecule has 0 heterocycles. The number of para-hydroxylation sites is 1. The largest absolute Gasteiger partial charge is 0.507 e. The Labute approximate surface area is 101 Å². The quantitative estimate of drug-likeness (QED) is 0.700. The minimum atomic E-state index is -1.11. The van der Waals surface area contributed by atoms with Crippen LogP contribution in [-0.4, -0.2) is 22.2 Å². The van der Waals surface area contributed by atoms with Crippen molar-refractivity contribution in [2.45, 2.75) is 38.1 Å². The van der Waals surface area contributed by atoms with E-state index < -0.39 is 5.97 Å². The molecular formula is C13H19NO3. The third kappa shape index (κ3) is 4.87. The highest BCUT2D eigenvalue weighted by molar-refractivity contribution is 5.90. The summed E-state index contributed by atoms with van der Waals surface area (Å²) < 4.78 is 0. The predicted octanol–water partition coefficient (Wildman–Crippen LogP) is 2.37. The van der Waals surface area contributed by atoms with Gasteiger partial charge in [0.25, 0.3) is 0 Å². The molecule has 4 heteroatoms. The second-order valence-corrected chi connectivity index (χ2v) is 4.22. The van der Waals surface area contributed by atoms with Crippen LogP contribution < -0.4 is 5.73 Å². The fourth-order valence-electron chi connectivity index (χ4n) is 1.79. The van der Waals surface area contributed by atoms with Gasteiger partial charge < -0.3 is 15.9 Å². The van der Waals surface area contributed by atoms with Crippen molar-refractivity contribution in [1.29, 1.82) is 0 Å². The van der Waals surface area contributed by atoms with Crippen LogP contribution in [0.3, 0.4) is 0 Å². The van der Waals surface area contributed by atoms with Crippen LogP contribution in [0.2, 0.25) is 0 Å². The van der Waals surface area contributed by atoms with E-state index in [4.69, 9.17) is 15.9 Å². The lowest BCUT2D eigenvalue weighted by molar-refractivity contribution is 0.0694. The molecule has 0 bridgehead atoms. The van der Waals surface area contributed by atoms with Gasteiger partial charge in [-0.05, 0) is 25.0 Å². The molecule has 0 atom stereocenters. The van der Waals surface area contributed by atoms with Gasteiger partial charge in [0.15, 0.2) is 0 Å². The van der Waals surface area contributed by atoms with Gasteiger partial charge >= 0.3 is 5.97 Å². The molecule has 1 fully saturated rings. The summed E-state index contributed by atoms with van der Waals surface area (Å²) >= 11 is 0. The van der Waals surface area contributed by atoms with Crippen LogP contribution in [0.4, 0.5) is 0 Å². The summed E-state index contributed by atoms with van der Waals surface area (Å²) in [6, 6.07) is 6.35. The maximum absolute atomic E-state index is 10.3. The third-order valence-corrected chi connectivity index (χ3v) is 2.78. The van der Waals surface area contributed by atoms with Gasteiger partial charge in [-0.25, -0.2) is 4.79 Å². The molecular weight excluding hydrogens is 218 g/mol. The van der Waals surface area contributed by atoms with Crippen molar-refractivity contribution in [1.82, 2.24) is 0 Å². The van der Waals surface area contributed by atoms with Crippen molar-refractivity contribution in [3.05, 3.63) is 29.8 Å². The molecule has 0 spiro atoms. The summed E-state index contributed by atoms with van der Waals surface area (Å²) in [5.74, 6) is -1.31. The summed E-state index contributed by atoms with van der Waals surface area (Å²) in [6.45, 7) is 0. The number of hydrogen-bond donors (Lipinski definition) is 3. The molecule has 0 amide bonds. The smallest absolute Gasteiger partial charge is 0.339 e. The van der Waals surface area contributed by atoms with Crippen molar-refractivity contribution in [2.75, 3.05) is 0 Å². The van der Waals surface area contributed by atoms with Gasteiger partial charge in [-0.1, -0.05) is 31.4 Å². The standard InChI is InChI=1S/C7H6O3.C6H13N/c8-6-4-2-1-3-5(6)7(9)10;7-6-4-2-1-3-5-6/h1-4,8H,(H,9,10);6H,1-5,7H2. The van der Waals surface area contributed by atoms with Gasteiger partial charge in [0.1, 0.15) is 11.3 Å². The molecule has 1 saturated carbocycles. The number of hydrogen-bond acceptors (Lipinski definition) is 3. The first kappa shape index (κ1) is 13.5. The van der Waals surface area contributed by atoms with Gasteiger partial charge in [-0.2, -0.15) is 0 Å². The van der Waals surface area contributed by atoms with Crippen molar-refractivity contribution in [3.8, 4) is 5.75 Å². The van der Waals surface area contributed by atoms with Gasteiger partial charge in [0.2, 0.25) is 0 Å². The van der Waals surface area contributed by atoms with Crippen LogP contribution >= 0.6 is 0 Å². The lowest BCUT2D eigenvalue weighted by atomic mass is 9.97. The minimum Gasteiger partial charge on any atom is -0.507 e. The highest BCUT2D eigenvalue weighted by Gasteiger charge is 2.06. The van der Waals surface area contributed by atoms with E-state index in [0.29, 0.717) is 6.04 Å². The number of benzene rings is 1. The van der Waals surface area contributed by atoms with Crippen LogP contribution in [-0.2, 0) is 0 Å². The maximum atomic E-state index is 10.3. The zero-order valence-corrected chi connectivity index (χ0v) is 9.80. The Morgan fingerprint density at radius 3 is 2.12 bits per heavy atom. The zero-order chi connectivity index (χ0) is 12.7. The van der Waals surface area contributed by atoms with E-state index in [9.17, 15) is 4.79 Å². The molecule has 1 aliphatic rings.